The number of pyridine rings is 1. The van der Waals surface area contributed by atoms with Crippen molar-refractivity contribution in [1.29, 1.82) is 0 Å². The van der Waals surface area contributed by atoms with Crippen LogP contribution in [0.15, 0.2) is 24.4 Å². The second-order valence-electron chi connectivity index (χ2n) is 4.30. The van der Waals surface area contributed by atoms with Gasteiger partial charge in [-0.15, -0.1) is 0 Å². The van der Waals surface area contributed by atoms with E-state index in [0.717, 1.165) is 17.9 Å². The van der Waals surface area contributed by atoms with Crippen LogP contribution in [0.5, 0.6) is 0 Å². The Morgan fingerprint density at radius 1 is 1.44 bits per heavy atom. The Kier molecular flexibility index (Phi) is 3.72. The topological polar surface area (TPSA) is 56.7 Å². The highest BCUT2D eigenvalue weighted by Gasteiger charge is 2.12. The molecule has 0 spiro atoms. The fourth-order valence-corrected chi connectivity index (χ4v) is 1.97. The van der Waals surface area contributed by atoms with E-state index in [1.54, 1.807) is 6.07 Å². The van der Waals surface area contributed by atoms with Gasteiger partial charge in [-0.05, 0) is 32.0 Å². The van der Waals surface area contributed by atoms with Crippen molar-refractivity contribution in [3.63, 3.8) is 0 Å². The highest BCUT2D eigenvalue weighted by Crippen LogP contribution is 2.15. The van der Waals surface area contributed by atoms with Gasteiger partial charge in [0.25, 0.3) is 0 Å². The van der Waals surface area contributed by atoms with E-state index in [4.69, 9.17) is 5.73 Å². The average Bonchev–Trinajstić information content (AvgIpc) is 2.70. The van der Waals surface area contributed by atoms with Crippen LogP contribution in [0.3, 0.4) is 0 Å². The smallest absolute Gasteiger partial charge is 0.141 e. The van der Waals surface area contributed by atoms with Gasteiger partial charge >= 0.3 is 0 Å². The molecule has 0 saturated carbocycles. The Morgan fingerprint density at radius 3 is 2.83 bits per heavy atom. The Morgan fingerprint density at radius 2 is 2.22 bits per heavy atom. The SMILES string of the molecule is CCn1nc(C)cc1CC(N)c1ccc(F)cn1. The minimum Gasteiger partial charge on any atom is -0.322 e. The van der Waals surface area contributed by atoms with E-state index in [0.29, 0.717) is 12.1 Å². The van der Waals surface area contributed by atoms with Gasteiger partial charge in [0.05, 0.1) is 23.6 Å². The third-order valence-electron chi connectivity index (χ3n) is 2.84. The first-order valence-electron chi connectivity index (χ1n) is 6.00. The highest BCUT2D eigenvalue weighted by molar-refractivity contribution is 5.15. The number of halogens is 1. The fourth-order valence-electron chi connectivity index (χ4n) is 1.97. The van der Waals surface area contributed by atoms with E-state index < -0.39 is 0 Å². The summed E-state index contributed by atoms with van der Waals surface area (Å²) in [4.78, 5) is 4.01. The van der Waals surface area contributed by atoms with Gasteiger partial charge in [0.15, 0.2) is 0 Å². The highest BCUT2D eigenvalue weighted by atomic mass is 19.1. The molecule has 2 N–H and O–H groups in total. The van der Waals surface area contributed by atoms with Crippen molar-refractivity contribution < 1.29 is 4.39 Å². The van der Waals surface area contributed by atoms with Crippen molar-refractivity contribution in [3.05, 3.63) is 47.3 Å². The number of aryl methyl sites for hydroxylation is 2. The normalized spacial score (nSPS) is 12.7. The van der Waals surface area contributed by atoms with Crippen molar-refractivity contribution in [3.8, 4) is 0 Å². The number of nitrogens with two attached hydrogens (primary N) is 1. The van der Waals surface area contributed by atoms with Gasteiger partial charge in [-0.2, -0.15) is 5.10 Å². The van der Waals surface area contributed by atoms with E-state index >= 15 is 0 Å². The molecule has 1 unspecified atom stereocenters. The summed E-state index contributed by atoms with van der Waals surface area (Å²) in [5.74, 6) is -0.347. The van der Waals surface area contributed by atoms with Gasteiger partial charge in [0.2, 0.25) is 0 Å². The first-order chi connectivity index (χ1) is 8.60. The van der Waals surface area contributed by atoms with Crippen LogP contribution in [-0.4, -0.2) is 14.8 Å². The molecule has 18 heavy (non-hydrogen) atoms. The molecular formula is C13H17FN4. The van der Waals surface area contributed by atoms with Crippen molar-refractivity contribution in [2.75, 3.05) is 0 Å². The molecule has 4 nitrogen and oxygen atoms in total. The molecule has 2 aromatic heterocycles. The molecule has 1 atom stereocenters. The van der Waals surface area contributed by atoms with Gasteiger partial charge < -0.3 is 5.73 Å². The molecule has 2 aromatic rings. The number of aromatic nitrogens is 3. The quantitative estimate of drug-likeness (QED) is 0.900. The zero-order valence-electron chi connectivity index (χ0n) is 10.6. The summed E-state index contributed by atoms with van der Waals surface area (Å²) in [5, 5.41) is 4.37. The lowest BCUT2D eigenvalue weighted by atomic mass is 10.1. The lowest BCUT2D eigenvalue weighted by Gasteiger charge is -2.11. The number of hydrogen-bond acceptors (Lipinski definition) is 3. The summed E-state index contributed by atoms with van der Waals surface area (Å²) in [6.07, 6.45) is 1.84. The van der Waals surface area contributed by atoms with E-state index in [1.807, 2.05) is 24.6 Å². The first-order valence-corrected chi connectivity index (χ1v) is 6.00. The van der Waals surface area contributed by atoms with Crippen LogP contribution in [0.1, 0.15) is 30.0 Å². The zero-order chi connectivity index (χ0) is 13.1. The van der Waals surface area contributed by atoms with Gasteiger partial charge in [0, 0.05) is 18.7 Å². The molecule has 5 heteroatoms. The Bertz CT molecular complexity index is 518. The summed E-state index contributed by atoms with van der Waals surface area (Å²) >= 11 is 0. The molecule has 96 valence electrons. The molecule has 2 heterocycles. The van der Waals surface area contributed by atoms with E-state index in [2.05, 4.69) is 10.1 Å². The largest absolute Gasteiger partial charge is 0.322 e. The summed E-state index contributed by atoms with van der Waals surface area (Å²) in [6, 6.07) is 4.78. The maximum atomic E-state index is 12.8. The lowest BCUT2D eigenvalue weighted by molar-refractivity contribution is 0.577. The summed E-state index contributed by atoms with van der Waals surface area (Å²) in [5.41, 5.74) is 8.83. The van der Waals surface area contributed by atoms with Gasteiger partial charge in [-0.25, -0.2) is 4.39 Å². The zero-order valence-corrected chi connectivity index (χ0v) is 10.6. The molecule has 0 radical (unpaired) electrons. The Balaban J connectivity index is 2.15. The third kappa shape index (κ3) is 2.73. The predicted octanol–water partition coefficient (Wildman–Crippen LogP) is 1.99. The summed E-state index contributed by atoms with van der Waals surface area (Å²) < 4.78 is 14.7. The second-order valence-corrected chi connectivity index (χ2v) is 4.30. The fraction of sp³-hybridized carbons (Fsp3) is 0.385. The molecule has 0 saturated heterocycles. The first kappa shape index (κ1) is 12.7. The maximum absolute atomic E-state index is 12.8. The molecular weight excluding hydrogens is 231 g/mol. The molecule has 0 aliphatic rings. The minimum absolute atomic E-state index is 0.244. The third-order valence-corrected chi connectivity index (χ3v) is 2.84. The van der Waals surface area contributed by atoms with Crippen molar-refractivity contribution in [2.24, 2.45) is 5.73 Å². The Labute approximate surface area is 106 Å². The van der Waals surface area contributed by atoms with E-state index in [1.165, 1.54) is 12.3 Å². The van der Waals surface area contributed by atoms with E-state index in [-0.39, 0.29) is 11.9 Å². The van der Waals surface area contributed by atoms with Crippen LogP contribution in [0, 0.1) is 12.7 Å². The van der Waals surface area contributed by atoms with Crippen LogP contribution in [0.25, 0.3) is 0 Å². The van der Waals surface area contributed by atoms with Crippen LogP contribution in [-0.2, 0) is 13.0 Å². The van der Waals surface area contributed by atoms with Crippen LogP contribution in [0.4, 0.5) is 4.39 Å². The molecule has 0 bridgehead atoms. The average molecular weight is 248 g/mol. The molecule has 0 amide bonds. The standard InChI is InChI=1S/C13H17FN4/c1-3-18-11(6-9(2)17-18)7-12(15)13-5-4-10(14)8-16-13/h4-6,8,12H,3,7,15H2,1-2H3. The van der Waals surface area contributed by atoms with Gasteiger partial charge in [0.1, 0.15) is 5.82 Å². The predicted molar refractivity (Wildman–Crippen MR) is 67.5 cm³/mol. The molecule has 2 rings (SSSR count). The number of hydrogen-bond donors (Lipinski definition) is 1. The minimum atomic E-state index is -0.347. The Hall–Kier alpha value is -1.75. The van der Waals surface area contributed by atoms with Crippen molar-refractivity contribution in [1.82, 2.24) is 14.8 Å². The number of nitrogens with zero attached hydrogens (tertiary/aromatic N) is 3. The molecule has 0 aliphatic carbocycles. The molecule has 0 aromatic carbocycles. The van der Waals surface area contributed by atoms with Crippen LogP contribution >= 0.6 is 0 Å². The van der Waals surface area contributed by atoms with Crippen LogP contribution < -0.4 is 5.73 Å². The summed E-state index contributed by atoms with van der Waals surface area (Å²) in [6.45, 7) is 4.81. The lowest BCUT2D eigenvalue weighted by Crippen LogP contribution is -2.17. The van der Waals surface area contributed by atoms with Crippen molar-refractivity contribution >= 4 is 0 Å². The molecule has 0 aliphatic heterocycles. The van der Waals surface area contributed by atoms with Gasteiger partial charge in [-0.1, -0.05) is 0 Å². The van der Waals surface area contributed by atoms with Gasteiger partial charge in [-0.3, -0.25) is 9.67 Å². The molecule has 0 fully saturated rings. The van der Waals surface area contributed by atoms with Crippen molar-refractivity contribution in [2.45, 2.75) is 32.9 Å². The maximum Gasteiger partial charge on any atom is 0.141 e. The van der Waals surface area contributed by atoms with E-state index in [9.17, 15) is 4.39 Å². The van der Waals surface area contributed by atoms with Crippen LogP contribution in [0.2, 0.25) is 0 Å². The number of rotatable bonds is 4. The second kappa shape index (κ2) is 5.27. The monoisotopic (exact) mass is 248 g/mol. The summed E-state index contributed by atoms with van der Waals surface area (Å²) in [7, 11) is 0.